The number of nitrogen functional groups attached to an aromatic ring is 1. The molecule has 0 amide bonds. The van der Waals surface area contributed by atoms with Gasteiger partial charge >= 0.3 is 0 Å². The van der Waals surface area contributed by atoms with Gasteiger partial charge in [-0.1, -0.05) is 24.9 Å². The van der Waals surface area contributed by atoms with Crippen LogP contribution in [0.5, 0.6) is 0 Å². The fourth-order valence-electron chi connectivity index (χ4n) is 1.34. The van der Waals surface area contributed by atoms with Crippen molar-refractivity contribution >= 4 is 27.1 Å². The molecule has 0 radical (unpaired) electrons. The summed E-state index contributed by atoms with van der Waals surface area (Å²) < 4.78 is 29.1. The molecule has 0 aliphatic rings. The first-order chi connectivity index (χ1) is 8.47. The molecule has 0 saturated carbocycles. The molecule has 0 atom stereocenters. The van der Waals surface area contributed by atoms with Crippen LogP contribution in [-0.2, 0) is 14.6 Å². The number of benzene rings is 1. The van der Waals surface area contributed by atoms with Crippen molar-refractivity contribution in [2.24, 2.45) is 0 Å². The van der Waals surface area contributed by atoms with Crippen molar-refractivity contribution in [2.45, 2.75) is 24.7 Å². The van der Waals surface area contributed by atoms with Gasteiger partial charge in [0.1, 0.15) is 0 Å². The largest absolute Gasteiger partial charge is 0.398 e. The van der Waals surface area contributed by atoms with Gasteiger partial charge in [-0.05, 0) is 24.6 Å². The van der Waals surface area contributed by atoms with E-state index in [0.717, 1.165) is 12.8 Å². The molecule has 0 aliphatic heterocycles. The Labute approximate surface area is 113 Å². The zero-order valence-electron chi connectivity index (χ0n) is 10.4. The lowest BCUT2D eigenvalue weighted by Crippen LogP contribution is -2.13. The highest BCUT2D eigenvalue weighted by molar-refractivity contribution is 7.91. The van der Waals surface area contributed by atoms with Gasteiger partial charge in [-0.2, -0.15) is 0 Å². The Morgan fingerprint density at radius 3 is 2.67 bits per heavy atom. The summed E-state index contributed by atoms with van der Waals surface area (Å²) in [6.07, 6.45) is 1.97. The molecule has 0 unspecified atom stereocenters. The minimum absolute atomic E-state index is 0.0447. The van der Waals surface area contributed by atoms with Gasteiger partial charge in [0.05, 0.1) is 28.0 Å². The van der Waals surface area contributed by atoms with Gasteiger partial charge in [0.15, 0.2) is 9.84 Å². The SMILES string of the molecule is CCCCOCCS(=O)(=O)c1ccc(N)c(Cl)c1. The number of unbranched alkanes of at least 4 members (excludes halogenated alkanes) is 1. The van der Waals surface area contributed by atoms with E-state index in [2.05, 4.69) is 6.92 Å². The predicted molar refractivity (Wildman–Crippen MR) is 73.6 cm³/mol. The van der Waals surface area contributed by atoms with Crippen LogP contribution < -0.4 is 5.73 Å². The molecule has 102 valence electrons. The number of sulfone groups is 1. The van der Waals surface area contributed by atoms with Crippen molar-refractivity contribution < 1.29 is 13.2 Å². The lowest BCUT2D eigenvalue weighted by atomic mass is 10.3. The van der Waals surface area contributed by atoms with E-state index in [1.165, 1.54) is 18.2 Å². The van der Waals surface area contributed by atoms with Crippen LogP contribution in [0.2, 0.25) is 5.02 Å². The average molecular weight is 292 g/mol. The highest BCUT2D eigenvalue weighted by atomic mass is 35.5. The summed E-state index contributed by atoms with van der Waals surface area (Å²) in [5.74, 6) is -0.0447. The number of nitrogens with two attached hydrogens (primary N) is 1. The number of hydrogen-bond donors (Lipinski definition) is 1. The van der Waals surface area contributed by atoms with Gasteiger partial charge in [-0.3, -0.25) is 0 Å². The number of rotatable bonds is 7. The summed E-state index contributed by atoms with van der Waals surface area (Å²) in [5, 5.41) is 0.253. The Bertz CT molecular complexity index is 488. The van der Waals surface area contributed by atoms with E-state index in [1.807, 2.05) is 0 Å². The van der Waals surface area contributed by atoms with Crippen molar-refractivity contribution in [3.05, 3.63) is 23.2 Å². The second-order valence-corrected chi connectivity index (χ2v) is 6.48. The maximum atomic E-state index is 11.9. The highest BCUT2D eigenvalue weighted by Crippen LogP contribution is 2.23. The second-order valence-electron chi connectivity index (χ2n) is 3.97. The Morgan fingerprint density at radius 1 is 1.33 bits per heavy atom. The fourth-order valence-corrected chi connectivity index (χ4v) is 2.73. The van der Waals surface area contributed by atoms with Gasteiger partial charge in [0.2, 0.25) is 0 Å². The van der Waals surface area contributed by atoms with E-state index >= 15 is 0 Å². The molecule has 0 aliphatic carbocycles. The van der Waals surface area contributed by atoms with Crippen molar-refractivity contribution in [2.75, 3.05) is 24.7 Å². The zero-order chi connectivity index (χ0) is 13.6. The molecule has 4 nitrogen and oxygen atoms in total. The maximum Gasteiger partial charge on any atom is 0.180 e. The molecule has 1 aromatic rings. The van der Waals surface area contributed by atoms with Crippen molar-refractivity contribution in [1.82, 2.24) is 0 Å². The van der Waals surface area contributed by atoms with E-state index < -0.39 is 9.84 Å². The zero-order valence-corrected chi connectivity index (χ0v) is 11.9. The molecule has 1 rings (SSSR count). The Hall–Kier alpha value is -0.780. The molecule has 18 heavy (non-hydrogen) atoms. The maximum absolute atomic E-state index is 11.9. The smallest absolute Gasteiger partial charge is 0.180 e. The number of hydrogen-bond acceptors (Lipinski definition) is 4. The standard InChI is InChI=1S/C12H18ClNO3S/c1-2-3-6-17-7-8-18(15,16)10-4-5-12(14)11(13)9-10/h4-5,9H,2-3,6-8,14H2,1H3. The lowest BCUT2D eigenvalue weighted by Gasteiger charge is -2.07. The molecule has 0 fully saturated rings. The molecular formula is C12H18ClNO3S. The van der Waals surface area contributed by atoms with Gasteiger partial charge < -0.3 is 10.5 Å². The third-order valence-corrected chi connectivity index (χ3v) is 4.47. The summed E-state index contributed by atoms with van der Waals surface area (Å²) in [6, 6.07) is 4.33. The Kier molecular flexibility index (Phi) is 5.91. The highest BCUT2D eigenvalue weighted by Gasteiger charge is 2.15. The second kappa shape index (κ2) is 6.97. The van der Waals surface area contributed by atoms with Gasteiger partial charge in [0, 0.05) is 6.61 Å². The molecule has 0 spiro atoms. The Morgan fingerprint density at radius 2 is 2.06 bits per heavy atom. The normalized spacial score (nSPS) is 11.7. The third-order valence-electron chi connectivity index (χ3n) is 2.47. The molecule has 6 heteroatoms. The van der Waals surface area contributed by atoms with Crippen LogP contribution in [0.3, 0.4) is 0 Å². The molecule has 2 N–H and O–H groups in total. The van der Waals surface area contributed by atoms with E-state index in [0.29, 0.717) is 12.3 Å². The van der Waals surface area contributed by atoms with Crippen molar-refractivity contribution in [1.29, 1.82) is 0 Å². The summed E-state index contributed by atoms with van der Waals surface area (Å²) >= 11 is 5.80. The van der Waals surface area contributed by atoms with Crippen LogP contribution in [0, 0.1) is 0 Å². The first kappa shape index (κ1) is 15.3. The minimum Gasteiger partial charge on any atom is -0.398 e. The molecule has 0 saturated heterocycles. The van der Waals surface area contributed by atoms with Crippen LogP contribution in [-0.4, -0.2) is 27.4 Å². The van der Waals surface area contributed by atoms with E-state index in [-0.39, 0.29) is 22.3 Å². The van der Waals surface area contributed by atoms with Crippen LogP contribution in [0.15, 0.2) is 23.1 Å². The minimum atomic E-state index is -3.35. The predicted octanol–water partition coefficient (Wildman–Crippen LogP) is 2.51. The van der Waals surface area contributed by atoms with E-state index in [4.69, 9.17) is 22.1 Å². The molecule has 0 heterocycles. The first-order valence-electron chi connectivity index (χ1n) is 5.83. The average Bonchev–Trinajstić information content (AvgIpc) is 2.32. The third kappa shape index (κ3) is 4.48. The number of halogens is 1. The first-order valence-corrected chi connectivity index (χ1v) is 7.86. The van der Waals surface area contributed by atoms with E-state index in [1.54, 1.807) is 0 Å². The summed E-state index contributed by atoms with van der Waals surface area (Å²) in [7, 11) is -3.35. The lowest BCUT2D eigenvalue weighted by molar-refractivity contribution is 0.146. The van der Waals surface area contributed by atoms with E-state index in [9.17, 15) is 8.42 Å². The van der Waals surface area contributed by atoms with Crippen LogP contribution >= 0.6 is 11.6 Å². The monoisotopic (exact) mass is 291 g/mol. The summed E-state index contributed by atoms with van der Waals surface area (Å²) in [6.45, 7) is 2.84. The topological polar surface area (TPSA) is 69.4 Å². The molecular weight excluding hydrogens is 274 g/mol. The van der Waals surface area contributed by atoms with Gasteiger partial charge in [-0.15, -0.1) is 0 Å². The van der Waals surface area contributed by atoms with Crippen molar-refractivity contribution in [3.63, 3.8) is 0 Å². The number of anilines is 1. The van der Waals surface area contributed by atoms with Crippen LogP contribution in [0.25, 0.3) is 0 Å². The van der Waals surface area contributed by atoms with Crippen LogP contribution in [0.4, 0.5) is 5.69 Å². The number of ether oxygens (including phenoxy) is 1. The molecule has 0 aromatic heterocycles. The fraction of sp³-hybridized carbons (Fsp3) is 0.500. The van der Waals surface area contributed by atoms with Gasteiger partial charge in [0.25, 0.3) is 0 Å². The summed E-state index contributed by atoms with van der Waals surface area (Å²) in [5.41, 5.74) is 5.91. The Balaban J connectivity index is 2.60. The summed E-state index contributed by atoms with van der Waals surface area (Å²) in [4.78, 5) is 0.181. The quantitative estimate of drug-likeness (QED) is 0.619. The van der Waals surface area contributed by atoms with Crippen LogP contribution in [0.1, 0.15) is 19.8 Å². The van der Waals surface area contributed by atoms with Crippen molar-refractivity contribution in [3.8, 4) is 0 Å². The molecule has 0 bridgehead atoms. The van der Waals surface area contributed by atoms with Gasteiger partial charge in [-0.25, -0.2) is 8.42 Å². The molecule has 1 aromatic carbocycles.